The Bertz CT molecular complexity index is 804. The summed E-state index contributed by atoms with van der Waals surface area (Å²) in [7, 11) is 3.82. The van der Waals surface area contributed by atoms with Crippen LogP contribution in [0, 0.1) is 11.7 Å². The maximum Gasteiger partial charge on any atom is 0.225 e. The molecular formula is C21H27FN4O. The van der Waals surface area contributed by atoms with E-state index in [1.807, 2.05) is 43.9 Å². The van der Waals surface area contributed by atoms with Crippen molar-refractivity contribution < 1.29 is 9.18 Å². The van der Waals surface area contributed by atoms with Gasteiger partial charge in [0.1, 0.15) is 5.82 Å². The second kappa shape index (κ2) is 8.03. The standard InChI is InChI=1S/C21H27FN4O/c1-14(2)20(27)26-11-5-6-16(13-26)19-18(12-23-21(24-19)25(3)4)15-7-9-17(22)10-8-15/h7-10,12,14,16H,5-6,11,13H2,1-4H3/t16-/m0/s1. The summed E-state index contributed by atoms with van der Waals surface area (Å²) in [6, 6.07) is 6.42. The van der Waals surface area contributed by atoms with Crippen LogP contribution in [-0.2, 0) is 4.79 Å². The minimum Gasteiger partial charge on any atom is -0.347 e. The van der Waals surface area contributed by atoms with Crippen LogP contribution in [0.5, 0.6) is 0 Å². The van der Waals surface area contributed by atoms with Gasteiger partial charge in [0.05, 0.1) is 5.69 Å². The first-order valence-electron chi connectivity index (χ1n) is 9.45. The lowest BCUT2D eigenvalue weighted by atomic mass is 9.89. The Hall–Kier alpha value is -2.50. The van der Waals surface area contributed by atoms with E-state index in [0.29, 0.717) is 12.5 Å². The highest BCUT2D eigenvalue weighted by atomic mass is 19.1. The normalized spacial score (nSPS) is 17.3. The van der Waals surface area contributed by atoms with Gasteiger partial charge in [0.25, 0.3) is 0 Å². The van der Waals surface area contributed by atoms with E-state index >= 15 is 0 Å². The molecule has 27 heavy (non-hydrogen) atoms. The fourth-order valence-electron chi connectivity index (χ4n) is 3.53. The first-order valence-corrected chi connectivity index (χ1v) is 9.45. The molecule has 1 atom stereocenters. The molecule has 1 fully saturated rings. The van der Waals surface area contributed by atoms with Crippen molar-refractivity contribution >= 4 is 11.9 Å². The minimum atomic E-state index is -0.266. The van der Waals surface area contributed by atoms with Crippen LogP contribution in [0.25, 0.3) is 11.1 Å². The summed E-state index contributed by atoms with van der Waals surface area (Å²) < 4.78 is 13.4. The maximum absolute atomic E-state index is 13.4. The van der Waals surface area contributed by atoms with Gasteiger partial charge in [0.2, 0.25) is 11.9 Å². The number of benzene rings is 1. The third-order valence-electron chi connectivity index (χ3n) is 4.97. The van der Waals surface area contributed by atoms with Gasteiger partial charge in [-0.3, -0.25) is 4.79 Å². The Morgan fingerprint density at radius 3 is 2.59 bits per heavy atom. The van der Waals surface area contributed by atoms with Gasteiger partial charge in [0.15, 0.2) is 0 Å². The summed E-state index contributed by atoms with van der Waals surface area (Å²) in [6.45, 7) is 5.33. The van der Waals surface area contributed by atoms with Crippen LogP contribution < -0.4 is 4.90 Å². The van der Waals surface area contributed by atoms with Crippen molar-refractivity contribution in [3.63, 3.8) is 0 Å². The number of halogens is 1. The Kier molecular flexibility index (Phi) is 5.73. The van der Waals surface area contributed by atoms with Crippen molar-refractivity contribution in [2.24, 2.45) is 5.92 Å². The maximum atomic E-state index is 13.4. The molecule has 2 aromatic rings. The highest BCUT2D eigenvalue weighted by Gasteiger charge is 2.29. The molecule has 0 N–H and O–H groups in total. The summed E-state index contributed by atoms with van der Waals surface area (Å²) in [4.78, 5) is 25.6. The van der Waals surface area contributed by atoms with E-state index in [-0.39, 0.29) is 23.6 Å². The van der Waals surface area contributed by atoms with E-state index in [4.69, 9.17) is 4.98 Å². The highest BCUT2D eigenvalue weighted by molar-refractivity contribution is 5.78. The minimum absolute atomic E-state index is 0.0111. The van der Waals surface area contributed by atoms with E-state index in [2.05, 4.69) is 4.98 Å². The summed E-state index contributed by atoms with van der Waals surface area (Å²) in [5.74, 6) is 0.692. The van der Waals surface area contributed by atoms with Crippen molar-refractivity contribution in [2.45, 2.75) is 32.6 Å². The van der Waals surface area contributed by atoms with E-state index < -0.39 is 0 Å². The number of carbonyl (C=O) groups is 1. The molecule has 1 amide bonds. The van der Waals surface area contributed by atoms with Crippen LogP contribution in [0.15, 0.2) is 30.5 Å². The molecule has 3 rings (SSSR count). The highest BCUT2D eigenvalue weighted by Crippen LogP contribution is 2.34. The number of carbonyl (C=O) groups excluding carboxylic acids is 1. The molecule has 1 aromatic carbocycles. The molecule has 0 saturated carbocycles. The number of hydrogen-bond acceptors (Lipinski definition) is 4. The lowest BCUT2D eigenvalue weighted by Gasteiger charge is -2.34. The molecule has 1 aliphatic heterocycles. The molecule has 5 nitrogen and oxygen atoms in total. The third-order valence-corrected chi connectivity index (χ3v) is 4.97. The zero-order chi connectivity index (χ0) is 19.6. The van der Waals surface area contributed by atoms with Crippen molar-refractivity contribution in [2.75, 3.05) is 32.1 Å². The molecule has 1 saturated heterocycles. The topological polar surface area (TPSA) is 49.3 Å². The first-order chi connectivity index (χ1) is 12.9. The zero-order valence-electron chi connectivity index (χ0n) is 16.4. The summed E-state index contributed by atoms with van der Waals surface area (Å²) >= 11 is 0. The van der Waals surface area contributed by atoms with Crippen molar-refractivity contribution in [3.05, 3.63) is 42.0 Å². The van der Waals surface area contributed by atoms with E-state index in [1.54, 1.807) is 12.1 Å². The summed E-state index contributed by atoms with van der Waals surface area (Å²) in [5.41, 5.74) is 2.73. The lowest BCUT2D eigenvalue weighted by molar-refractivity contribution is -0.135. The second-order valence-corrected chi connectivity index (χ2v) is 7.65. The number of rotatable bonds is 4. The zero-order valence-corrected chi connectivity index (χ0v) is 16.4. The third kappa shape index (κ3) is 4.26. The van der Waals surface area contributed by atoms with Gasteiger partial charge < -0.3 is 9.80 Å². The number of nitrogens with zero attached hydrogens (tertiary/aromatic N) is 4. The number of piperidine rings is 1. The smallest absolute Gasteiger partial charge is 0.225 e. The van der Waals surface area contributed by atoms with Crippen molar-refractivity contribution in [3.8, 4) is 11.1 Å². The lowest BCUT2D eigenvalue weighted by Crippen LogP contribution is -2.41. The predicted molar refractivity (Wildman–Crippen MR) is 105 cm³/mol. The number of amides is 1. The molecular weight excluding hydrogens is 343 g/mol. The van der Waals surface area contributed by atoms with Crippen LogP contribution in [0.3, 0.4) is 0 Å². The van der Waals surface area contributed by atoms with Crippen LogP contribution in [0.1, 0.15) is 38.3 Å². The Labute approximate surface area is 160 Å². The predicted octanol–water partition coefficient (Wildman–Crippen LogP) is 3.71. The van der Waals surface area contributed by atoms with Crippen LogP contribution in [-0.4, -0.2) is 48.0 Å². The van der Waals surface area contributed by atoms with Gasteiger partial charge in [-0.15, -0.1) is 0 Å². The van der Waals surface area contributed by atoms with Crippen LogP contribution >= 0.6 is 0 Å². The van der Waals surface area contributed by atoms with Gasteiger partial charge in [-0.25, -0.2) is 14.4 Å². The second-order valence-electron chi connectivity index (χ2n) is 7.65. The van der Waals surface area contributed by atoms with Gasteiger partial charge >= 0.3 is 0 Å². The SMILES string of the molecule is CC(C)C(=O)N1CCC[C@H](c2nc(N(C)C)ncc2-c2ccc(F)cc2)C1. The van der Waals surface area contributed by atoms with Gasteiger partial charge in [-0.05, 0) is 30.5 Å². The molecule has 0 radical (unpaired) electrons. The quantitative estimate of drug-likeness (QED) is 0.823. The average molecular weight is 370 g/mol. The van der Waals surface area contributed by atoms with Gasteiger partial charge in [-0.1, -0.05) is 26.0 Å². The van der Waals surface area contributed by atoms with E-state index in [9.17, 15) is 9.18 Å². The first kappa shape index (κ1) is 19.3. The van der Waals surface area contributed by atoms with Crippen molar-refractivity contribution in [1.82, 2.24) is 14.9 Å². The van der Waals surface area contributed by atoms with E-state index in [0.717, 1.165) is 36.2 Å². The molecule has 6 heteroatoms. The molecule has 0 aliphatic carbocycles. The number of aromatic nitrogens is 2. The Balaban J connectivity index is 1.99. The molecule has 0 unspecified atom stereocenters. The largest absolute Gasteiger partial charge is 0.347 e. The van der Waals surface area contributed by atoms with Crippen molar-refractivity contribution in [1.29, 1.82) is 0 Å². The number of likely N-dealkylation sites (tertiary alicyclic amines) is 1. The van der Waals surface area contributed by atoms with Crippen LogP contribution in [0.4, 0.5) is 10.3 Å². The Morgan fingerprint density at radius 1 is 1.26 bits per heavy atom. The Morgan fingerprint density at radius 2 is 1.96 bits per heavy atom. The van der Waals surface area contributed by atoms with E-state index in [1.165, 1.54) is 12.1 Å². The molecule has 144 valence electrons. The molecule has 0 bridgehead atoms. The molecule has 0 spiro atoms. The summed E-state index contributed by atoms with van der Waals surface area (Å²) in [5, 5.41) is 0. The summed E-state index contributed by atoms with van der Waals surface area (Å²) in [6.07, 6.45) is 3.74. The average Bonchev–Trinajstić information content (AvgIpc) is 2.67. The molecule has 1 aliphatic rings. The van der Waals surface area contributed by atoms with Crippen LogP contribution in [0.2, 0.25) is 0 Å². The number of hydrogen-bond donors (Lipinski definition) is 0. The number of anilines is 1. The molecule has 1 aromatic heterocycles. The fourth-order valence-corrected chi connectivity index (χ4v) is 3.53. The fraction of sp³-hybridized carbons (Fsp3) is 0.476. The monoisotopic (exact) mass is 370 g/mol. The van der Waals surface area contributed by atoms with Gasteiger partial charge in [-0.2, -0.15) is 0 Å². The van der Waals surface area contributed by atoms with Gasteiger partial charge in [0, 0.05) is 50.8 Å². The molecule has 2 heterocycles.